The van der Waals surface area contributed by atoms with Gasteiger partial charge in [0.05, 0.1) is 15.3 Å². The Morgan fingerprint density at radius 1 is 1.18 bits per heavy atom. The third-order valence-electron chi connectivity index (χ3n) is 3.58. The van der Waals surface area contributed by atoms with Crippen molar-refractivity contribution in [1.29, 1.82) is 0 Å². The number of sulfonamides is 1. The molecule has 28 heavy (non-hydrogen) atoms. The maximum Gasteiger partial charge on any atom is 0.338 e. The van der Waals surface area contributed by atoms with E-state index >= 15 is 0 Å². The number of hydrogen-bond donors (Lipinski definition) is 1. The molecule has 0 amide bonds. The number of nitrogens with one attached hydrogen (secondary N) is 1. The fourth-order valence-corrected chi connectivity index (χ4v) is 4.29. The van der Waals surface area contributed by atoms with Gasteiger partial charge in [-0.3, -0.25) is 0 Å². The summed E-state index contributed by atoms with van der Waals surface area (Å²) < 4.78 is 37.9. The second-order valence-electron chi connectivity index (χ2n) is 6.27. The average molecular weight is 422 g/mol. The molecule has 0 spiro atoms. The maximum absolute atomic E-state index is 12.4. The summed E-state index contributed by atoms with van der Waals surface area (Å²) in [6.45, 7) is 5.03. The van der Waals surface area contributed by atoms with E-state index in [1.165, 1.54) is 35.6 Å². The maximum atomic E-state index is 12.4. The van der Waals surface area contributed by atoms with Gasteiger partial charge in [0.2, 0.25) is 10.0 Å². The summed E-state index contributed by atoms with van der Waals surface area (Å²) in [6.07, 6.45) is -0.789. The van der Waals surface area contributed by atoms with Gasteiger partial charge in [-0.2, -0.15) is 0 Å². The molecule has 3 aromatic rings. The summed E-state index contributed by atoms with van der Waals surface area (Å²) in [6, 6.07) is 9.08. The number of rotatable bonds is 7. The number of carbonyl (C=O) groups is 1. The molecule has 2 aromatic heterocycles. The Hall–Kier alpha value is -2.56. The first-order valence-electron chi connectivity index (χ1n) is 8.47. The van der Waals surface area contributed by atoms with Crippen LogP contribution >= 0.6 is 11.3 Å². The summed E-state index contributed by atoms with van der Waals surface area (Å²) in [5, 5.41) is 9.75. The Bertz CT molecular complexity index is 1060. The first-order valence-corrected chi connectivity index (χ1v) is 10.8. The van der Waals surface area contributed by atoms with Gasteiger partial charge in [-0.05, 0) is 50.4 Å². The molecule has 0 aliphatic heterocycles. The number of thiophene rings is 1. The predicted octanol–water partition coefficient (Wildman–Crippen LogP) is 3.40. The third-order valence-corrected chi connectivity index (χ3v) is 6.09. The normalized spacial score (nSPS) is 12.9. The van der Waals surface area contributed by atoms with Crippen LogP contribution in [0, 0.1) is 0 Å². The van der Waals surface area contributed by atoms with Crippen LogP contribution in [0.5, 0.6) is 0 Å². The van der Waals surface area contributed by atoms with E-state index < -0.39 is 22.1 Å². The molecular weight excluding hydrogens is 402 g/mol. The molecule has 2 heterocycles. The Labute approximate surface area is 166 Å². The number of ether oxygens (including phenoxy) is 1. The molecule has 0 saturated carbocycles. The van der Waals surface area contributed by atoms with E-state index in [4.69, 9.17) is 9.15 Å². The fraction of sp³-hybridized carbons (Fsp3) is 0.278. The summed E-state index contributed by atoms with van der Waals surface area (Å²) in [5.41, 5.74) is 0.108. The summed E-state index contributed by atoms with van der Waals surface area (Å²) >= 11 is 1.45. The molecule has 0 bridgehead atoms. The quantitative estimate of drug-likeness (QED) is 0.582. The highest BCUT2D eigenvalue weighted by Crippen LogP contribution is 2.26. The second-order valence-corrected chi connectivity index (χ2v) is 8.94. The number of aromatic nitrogens is 2. The molecule has 1 atom stereocenters. The van der Waals surface area contributed by atoms with E-state index in [-0.39, 0.29) is 22.4 Å². The van der Waals surface area contributed by atoms with Crippen molar-refractivity contribution < 1.29 is 22.4 Å². The molecule has 0 aliphatic carbocycles. The Morgan fingerprint density at radius 3 is 2.64 bits per heavy atom. The largest absolute Gasteiger partial charge is 0.449 e. The van der Waals surface area contributed by atoms with Crippen LogP contribution in [0.1, 0.15) is 43.1 Å². The minimum Gasteiger partial charge on any atom is -0.449 e. The predicted molar refractivity (Wildman–Crippen MR) is 103 cm³/mol. The minimum atomic E-state index is -3.72. The van der Waals surface area contributed by atoms with Gasteiger partial charge in [0.15, 0.2) is 6.10 Å². The lowest BCUT2D eigenvalue weighted by molar-refractivity contribution is 0.0279. The highest BCUT2D eigenvalue weighted by atomic mass is 32.2. The third kappa shape index (κ3) is 4.64. The standard InChI is InChI=1S/C18H19N3O5S2/c1-11(2)21-28(23,24)14-7-4-6-13(10-14)18(22)25-12(3)16-19-20-17(26-16)15-8-5-9-27-15/h4-12,21H,1-3H3. The zero-order chi connectivity index (χ0) is 20.3. The average Bonchev–Trinajstić information content (AvgIpc) is 3.32. The van der Waals surface area contributed by atoms with E-state index in [0.29, 0.717) is 5.89 Å². The van der Waals surface area contributed by atoms with Crippen LogP contribution in [0.3, 0.4) is 0 Å². The Kier molecular flexibility index (Phi) is 5.92. The molecule has 1 unspecified atom stereocenters. The lowest BCUT2D eigenvalue weighted by Gasteiger charge is -2.12. The summed E-state index contributed by atoms with van der Waals surface area (Å²) in [5.74, 6) is -0.187. The van der Waals surface area contributed by atoms with Crippen LogP contribution in [0.2, 0.25) is 0 Å². The van der Waals surface area contributed by atoms with E-state index in [1.54, 1.807) is 20.8 Å². The van der Waals surface area contributed by atoms with Gasteiger partial charge >= 0.3 is 5.97 Å². The molecule has 1 aromatic carbocycles. The minimum absolute atomic E-state index is 0.0129. The van der Waals surface area contributed by atoms with Gasteiger partial charge in [0, 0.05) is 6.04 Å². The first-order chi connectivity index (χ1) is 13.3. The Balaban J connectivity index is 1.73. The molecule has 8 nitrogen and oxygen atoms in total. The first kappa shape index (κ1) is 20.2. The molecule has 10 heteroatoms. The smallest absolute Gasteiger partial charge is 0.338 e. The number of esters is 1. The molecule has 0 aliphatic rings. The van der Waals surface area contributed by atoms with E-state index in [1.807, 2.05) is 17.5 Å². The van der Waals surface area contributed by atoms with Crippen molar-refractivity contribution in [3.63, 3.8) is 0 Å². The van der Waals surface area contributed by atoms with Crippen LogP contribution < -0.4 is 4.72 Å². The zero-order valence-corrected chi connectivity index (χ0v) is 17.1. The Morgan fingerprint density at radius 2 is 1.96 bits per heavy atom. The molecule has 0 saturated heterocycles. The van der Waals surface area contributed by atoms with E-state index in [9.17, 15) is 13.2 Å². The number of carbonyl (C=O) groups excluding carboxylic acids is 1. The van der Waals surface area contributed by atoms with Crippen LogP contribution in [0.25, 0.3) is 10.8 Å². The van der Waals surface area contributed by atoms with Crippen LogP contribution in [-0.2, 0) is 14.8 Å². The van der Waals surface area contributed by atoms with Crippen LogP contribution in [0.4, 0.5) is 0 Å². The second kappa shape index (κ2) is 8.21. The van der Waals surface area contributed by atoms with Crippen molar-refractivity contribution in [3.8, 4) is 10.8 Å². The van der Waals surface area contributed by atoms with Crippen molar-refractivity contribution in [2.75, 3.05) is 0 Å². The van der Waals surface area contributed by atoms with Crippen molar-refractivity contribution in [1.82, 2.24) is 14.9 Å². The number of benzene rings is 1. The van der Waals surface area contributed by atoms with Crippen molar-refractivity contribution in [2.45, 2.75) is 37.8 Å². The van der Waals surface area contributed by atoms with Gasteiger partial charge in [0.1, 0.15) is 0 Å². The van der Waals surface area contributed by atoms with Crippen molar-refractivity contribution >= 4 is 27.3 Å². The summed E-state index contributed by atoms with van der Waals surface area (Å²) in [4.78, 5) is 13.2. The van der Waals surface area contributed by atoms with Gasteiger partial charge in [-0.1, -0.05) is 12.1 Å². The molecule has 3 rings (SSSR count). The monoisotopic (exact) mass is 421 g/mol. The van der Waals surface area contributed by atoms with Crippen LogP contribution in [-0.4, -0.2) is 30.6 Å². The topological polar surface area (TPSA) is 111 Å². The lowest BCUT2D eigenvalue weighted by atomic mass is 10.2. The molecule has 1 N–H and O–H groups in total. The molecule has 148 valence electrons. The van der Waals surface area contributed by atoms with Crippen LogP contribution in [0.15, 0.2) is 51.1 Å². The van der Waals surface area contributed by atoms with Crippen molar-refractivity contribution in [3.05, 3.63) is 53.2 Å². The molecule has 0 fully saturated rings. The van der Waals surface area contributed by atoms with Gasteiger partial charge < -0.3 is 9.15 Å². The van der Waals surface area contributed by atoms with E-state index in [2.05, 4.69) is 14.9 Å². The van der Waals surface area contributed by atoms with Gasteiger partial charge in [0.25, 0.3) is 11.8 Å². The SMILES string of the molecule is CC(C)NS(=O)(=O)c1cccc(C(=O)OC(C)c2nnc(-c3cccs3)o2)c1. The van der Waals surface area contributed by atoms with Gasteiger partial charge in [-0.15, -0.1) is 21.5 Å². The highest BCUT2D eigenvalue weighted by molar-refractivity contribution is 7.89. The number of hydrogen-bond acceptors (Lipinski definition) is 8. The molecule has 0 radical (unpaired) electrons. The van der Waals surface area contributed by atoms with Crippen molar-refractivity contribution in [2.24, 2.45) is 0 Å². The molecular formula is C18H19N3O5S2. The zero-order valence-electron chi connectivity index (χ0n) is 15.4. The number of nitrogens with zero attached hydrogens (tertiary/aromatic N) is 2. The summed E-state index contributed by atoms with van der Waals surface area (Å²) in [7, 11) is -3.72. The fourth-order valence-electron chi connectivity index (χ4n) is 2.35. The van der Waals surface area contributed by atoms with Gasteiger partial charge in [-0.25, -0.2) is 17.9 Å². The highest BCUT2D eigenvalue weighted by Gasteiger charge is 2.22. The lowest BCUT2D eigenvalue weighted by Crippen LogP contribution is -2.30. The van der Waals surface area contributed by atoms with E-state index in [0.717, 1.165) is 4.88 Å².